The van der Waals surface area contributed by atoms with Crippen LogP contribution < -0.4 is 4.74 Å². The van der Waals surface area contributed by atoms with Crippen molar-refractivity contribution in [1.82, 2.24) is 9.80 Å². The Morgan fingerprint density at radius 3 is 2.42 bits per heavy atom. The predicted molar refractivity (Wildman–Crippen MR) is 92.4 cm³/mol. The van der Waals surface area contributed by atoms with E-state index in [0.29, 0.717) is 26.2 Å². The van der Waals surface area contributed by atoms with E-state index in [4.69, 9.17) is 9.47 Å². The third-order valence-electron chi connectivity index (χ3n) is 4.14. The summed E-state index contributed by atoms with van der Waals surface area (Å²) in [5, 5.41) is 10.2. The van der Waals surface area contributed by atoms with Crippen LogP contribution in [-0.2, 0) is 11.2 Å². The topological polar surface area (TPSA) is 62.2 Å². The highest BCUT2D eigenvalue weighted by atomic mass is 16.6. The van der Waals surface area contributed by atoms with Gasteiger partial charge in [-0.15, -0.1) is 0 Å². The molecule has 0 aliphatic carbocycles. The number of aryl methyl sites for hydroxylation is 1. The van der Waals surface area contributed by atoms with E-state index >= 15 is 0 Å². The summed E-state index contributed by atoms with van der Waals surface area (Å²) in [4.78, 5) is 15.5. The van der Waals surface area contributed by atoms with Gasteiger partial charge in [0, 0.05) is 32.7 Å². The van der Waals surface area contributed by atoms with Gasteiger partial charge in [0.1, 0.15) is 18.5 Å². The van der Waals surface area contributed by atoms with Gasteiger partial charge in [0.15, 0.2) is 0 Å². The first-order valence-corrected chi connectivity index (χ1v) is 8.66. The molecule has 0 aromatic heterocycles. The van der Waals surface area contributed by atoms with Gasteiger partial charge in [-0.25, -0.2) is 4.79 Å². The molecule has 1 fully saturated rings. The van der Waals surface area contributed by atoms with Crippen LogP contribution in [0, 0.1) is 0 Å². The molecule has 24 heavy (non-hydrogen) atoms. The molecule has 0 bridgehead atoms. The Morgan fingerprint density at radius 1 is 1.17 bits per heavy atom. The molecule has 1 amide bonds. The molecule has 0 radical (unpaired) electrons. The third-order valence-corrected chi connectivity index (χ3v) is 4.14. The molecule has 0 unspecified atom stereocenters. The van der Waals surface area contributed by atoms with Crippen LogP contribution in [0.2, 0.25) is 0 Å². The first-order chi connectivity index (χ1) is 11.6. The summed E-state index contributed by atoms with van der Waals surface area (Å²) < 4.78 is 10.6. The van der Waals surface area contributed by atoms with Gasteiger partial charge in [0.2, 0.25) is 0 Å². The Balaban J connectivity index is 1.67. The lowest BCUT2D eigenvalue weighted by Gasteiger charge is -2.34. The number of aliphatic hydroxyl groups is 1. The number of rotatable bonds is 7. The zero-order valence-corrected chi connectivity index (χ0v) is 14.6. The van der Waals surface area contributed by atoms with Crippen molar-refractivity contribution in [2.45, 2.75) is 26.4 Å². The molecular weight excluding hydrogens is 308 g/mol. The van der Waals surface area contributed by atoms with Crippen molar-refractivity contribution >= 4 is 6.09 Å². The molecule has 1 aliphatic heterocycles. The fourth-order valence-corrected chi connectivity index (χ4v) is 2.69. The summed E-state index contributed by atoms with van der Waals surface area (Å²) in [6.45, 7) is 7.86. The quantitative estimate of drug-likeness (QED) is 0.822. The van der Waals surface area contributed by atoms with Crippen molar-refractivity contribution in [2.75, 3.05) is 45.9 Å². The fraction of sp³-hybridized carbons (Fsp3) is 0.611. The average Bonchev–Trinajstić information content (AvgIpc) is 2.61. The van der Waals surface area contributed by atoms with Gasteiger partial charge >= 0.3 is 6.09 Å². The summed E-state index contributed by atoms with van der Waals surface area (Å²) >= 11 is 0. The lowest BCUT2D eigenvalue weighted by atomic mass is 10.2. The van der Waals surface area contributed by atoms with Gasteiger partial charge in [-0.2, -0.15) is 0 Å². The number of benzene rings is 1. The van der Waals surface area contributed by atoms with Crippen molar-refractivity contribution < 1.29 is 19.4 Å². The number of amides is 1. The number of hydrogen-bond acceptors (Lipinski definition) is 5. The maximum Gasteiger partial charge on any atom is 0.409 e. The van der Waals surface area contributed by atoms with Crippen LogP contribution in [0.3, 0.4) is 0 Å². The minimum absolute atomic E-state index is 0.253. The van der Waals surface area contributed by atoms with Crippen LogP contribution in [0.5, 0.6) is 5.75 Å². The predicted octanol–water partition coefficient (Wildman–Crippen LogP) is 1.76. The van der Waals surface area contributed by atoms with E-state index in [1.54, 1.807) is 11.8 Å². The van der Waals surface area contributed by atoms with Crippen molar-refractivity contribution in [3.05, 3.63) is 29.8 Å². The zero-order chi connectivity index (χ0) is 17.4. The van der Waals surface area contributed by atoms with Gasteiger partial charge in [-0.05, 0) is 31.0 Å². The zero-order valence-electron chi connectivity index (χ0n) is 14.6. The molecule has 134 valence electrons. The Bertz CT molecular complexity index is 498. The number of aliphatic hydroxyl groups excluding tert-OH is 1. The van der Waals surface area contributed by atoms with Gasteiger partial charge < -0.3 is 19.5 Å². The standard InChI is InChI=1S/C18H28N2O4/c1-3-15-5-7-17(8-6-15)24-14-16(21)13-19-9-11-20(12-10-19)18(22)23-4-2/h5-8,16,21H,3-4,9-14H2,1-2H3/t16-/m1/s1. The highest BCUT2D eigenvalue weighted by Crippen LogP contribution is 2.13. The fourth-order valence-electron chi connectivity index (χ4n) is 2.69. The van der Waals surface area contributed by atoms with Crippen LogP contribution in [0.1, 0.15) is 19.4 Å². The number of nitrogens with zero attached hydrogens (tertiary/aromatic N) is 2. The van der Waals surface area contributed by atoms with Crippen LogP contribution in [0.15, 0.2) is 24.3 Å². The molecule has 1 N–H and O–H groups in total. The van der Waals surface area contributed by atoms with E-state index in [2.05, 4.69) is 11.8 Å². The maximum atomic E-state index is 11.6. The number of ether oxygens (including phenoxy) is 2. The van der Waals surface area contributed by atoms with Gasteiger partial charge in [-0.1, -0.05) is 19.1 Å². The summed E-state index contributed by atoms with van der Waals surface area (Å²) in [6, 6.07) is 7.94. The van der Waals surface area contributed by atoms with Crippen molar-refractivity contribution in [3.8, 4) is 5.75 Å². The molecule has 6 nitrogen and oxygen atoms in total. The van der Waals surface area contributed by atoms with Crippen LogP contribution in [0.25, 0.3) is 0 Å². The molecule has 1 aliphatic rings. The number of β-amino-alcohol motifs (C(OH)–C–C–N with tert-alkyl or cyclic N) is 1. The monoisotopic (exact) mass is 336 g/mol. The molecule has 2 rings (SSSR count). The number of hydrogen-bond donors (Lipinski definition) is 1. The molecule has 1 saturated heterocycles. The molecule has 1 aromatic carbocycles. The van der Waals surface area contributed by atoms with Crippen molar-refractivity contribution in [1.29, 1.82) is 0 Å². The number of carbonyl (C=O) groups excluding carboxylic acids is 1. The third kappa shape index (κ3) is 5.69. The smallest absolute Gasteiger partial charge is 0.409 e. The van der Waals surface area contributed by atoms with E-state index in [9.17, 15) is 9.90 Å². The molecule has 1 aromatic rings. The second kappa shape index (κ2) is 9.49. The van der Waals surface area contributed by atoms with E-state index in [0.717, 1.165) is 25.3 Å². The van der Waals surface area contributed by atoms with Gasteiger partial charge in [-0.3, -0.25) is 4.90 Å². The molecule has 1 heterocycles. The van der Waals surface area contributed by atoms with Gasteiger partial charge in [0.25, 0.3) is 0 Å². The lowest BCUT2D eigenvalue weighted by molar-refractivity contribution is 0.0408. The van der Waals surface area contributed by atoms with E-state index in [1.807, 2.05) is 24.3 Å². The first kappa shape index (κ1) is 18.5. The molecule has 0 saturated carbocycles. The van der Waals surface area contributed by atoms with E-state index in [-0.39, 0.29) is 12.7 Å². The summed E-state index contributed by atoms with van der Waals surface area (Å²) in [6.07, 6.45) is 0.197. The summed E-state index contributed by atoms with van der Waals surface area (Å²) in [5.41, 5.74) is 1.27. The minimum Gasteiger partial charge on any atom is -0.491 e. The molecule has 6 heteroatoms. The Morgan fingerprint density at radius 2 is 1.83 bits per heavy atom. The minimum atomic E-state index is -0.551. The van der Waals surface area contributed by atoms with Crippen LogP contribution in [0.4, 0.5) is 4.79 Å². The number of carbonyl (C=O) groups is 1. The largest absolute Gasteiger partial charge is 0.491 e. The Labute approximate surface area is 144 Å². The van der Waals surface area contributed by atoms with Crippen molar-refractivity contribution in [3.63, 3.8) is 0 Å². The van der Waals surface area contributed by atoms with Crippen molar-refractivity contribution in [2.24, 2.45) is 0 Å². The normalized spacial score (nSPS) is 16.7. The molecule has 1 atom stereocenters. The Hall–Kier alpha value is -1.79. The van der Waals surface area contributed by atoms with Crippen LogP contribution in [-0.4, -0.2) is 73.0 Å². The second-order valence-corrected chi connectivity index (χ2v) is 5.95. The molecule has 0 spiro atoms. The van der Waals surface area contributed by atoms with E-state index in [1.165, 1.54) is 5.56 Å². The highest BCUT2D eigenvalue weighted by Gasteiger charge is 2.23. The summed E-state index contributed by atoms with van der Waals surface area (Å²) in [7, 11) is 0. The highest BCUT2D eigenvalue weighted by molar-refractivity contribution is 5.67. The SMILES string of the molecule is CCOC(=O)N1CCN(C[C@@H](O)COc2ccc(CC)cc2)CC1. The second-order valence-electron chi connectivity index (χ2n) is 5.95. The lowest BCUT2D eigenvalue weighted by Crippen LogP contribution is -2.51. The number of piperazine rings is 1. The van der Waals surface area contributed by atoms with Crippen LogP contribution >= 0.6 is 0 Å². The summed E-state index contributed by atoms with van der Waals surface area (Å²) in [5.74, 6) is 0.776. The molecular formula is C18H28N2O4. The van der Waals surface area contributed by atoms with E-state index < -0.39 is 6.10 Å². The maximum absolute atomic E-state index is 11.6. The Kier molecular flexibility index (Phi) is 7.34. The average molecular weight is 336 g/mol. The van der Waals surface area contributed by atoms with Gasteiger partial charge in [0.05, 0.1) is 6.61 Å². The first-order valence-electron chi connectivity index (χ1n) is 8.66.